The summed E-state index contributed by atoms with van der Waals surface area (Å²) < 4.78 is 10.3. The van der Waals surface area contributed by atoms with Gasteiger partial charge in [0, 0.05) is 0 Å². The first kappa shape index (κ1) is 13.0. The van der Waals surface area contributed by atoms with Gasteiger partial charge in [-0.1, -0.05) is 5.92 Å². The Morgan fingerprint density at radius 2 is 2.18 bits per heavy atom. The van der Waals surface area contributed by atoms with Crippen molar-refractivity contribution in [3.05, 3.63) is 23.5 Å². The van der Waals surface area contributed by atoms with E-state index in [1.54, 1.807) is 19.9 Å². The average molecular weight is 233 g/mol. The molecule has 17 heavy (non-hydrogen) atoms. The Morgan fingerprint density at radius 3 is 2.76 bits per heavy atom. The summed E-state index contributed by atoms with van der Waals surface area (Å²) in [7, 11) is 0. The van der Waals surface area contributed by atoms with E-state index in [1.165, 1.54) is 6.20 Å². The van der Waals surface area contributed by atoms with Gasteiger partial charge < -0.3 is 9.47 Å². The maximum atomic E-state index is 11.7. The quantitative estimate of drug-likeness (QED) is 0.589. The van der Waals surface area contributed by atoms with Crippen molar-refractivity contribution in [1.82, 2.24) is 4.98 Å². The van der Waals surface area contributed by atoms with Gasteiger partial charge in [-0.15, -0.1) is 0 Å². The van der Waals surface area contributed by atoms with E-state index < -0.39 is 5.97 Å². The molecule has 0 radical (unpaired) electrons. The molecule has 0 aliphatic rings. The average Bonchev–Trinajstić information content (AvgIpc) is 2.32. The third kappa shape index (κ3) is 3.49. The van der Waals surface area contributed by atoms with Gasteiger partial charge in [0.15, 0.2) is 5.75 Å². The molecule has 0 aliphatic heterocycles. The lowest BCUT2D eigenvalue weighted by Crippen LogP contribution is -2.09. The zero-order valence-electron chi connectivity index (χ0n) is 10.2. The van der Waals surface area contributed by atoms with Crippen molar-refractivity contribution in [1.29, 1.82) is 0 Å². The van der Waals surface area contributed by atoms with Gasteiger partial charge in [0.1, 0.15) is 11.3 Å². The van der Waals surface area contributed by atoms with Crippen LogP contribution in [-0.4, -0.2) is 24.2 Å². The third-order valence-corrected chi connectivity index (χ3v) is 1.92. The molecule has 0 fully saturated rings. The Bertz CT molecular complexity index is 457. The Labute approximate surface area is 101 Å². The fourth-order valence-corrected chi connectivity index (χ4v) is 1.28. The first-order chi connectivity index (χ1) is 8.22. The highest BCUT2D eigenvalue weighted by Gasteiger charge is 2.14. The normalized spacial score (nSPS) is 9.12. The topological polar surface area (TPSA) is 48.4 Å². The summed E-state index contributed by atoms with van der Waals surface area (Å²) in [4.78, 5) is 15.8. The Balaban J connectivity index is 3.13. The zero-order chi connectivity index (χ0) is 12.7. The van der Waals surface area contributed by atoms with E-state index in [0.29, 0.717) is 30.2 Å². The predicted molar refractivity (Wildman–Crippen MR) is 63.9 cm³/mol. The summed E-state index contributed by atoms with van der Waals surface area (Å²) in [6, 6.07) is 1.58. The smallest absolute Gasteiger partial charge is 0.342 e. The fourth-order valence-electron chi connectivity index (χ4n) is 1.28. The number of nitrogens with zero attached hydrogens (tertiary/aromatic N) is 1. The van der Waals surface area contributed by atoms with E-state index in [-0.39, 0.29) is 0 Å². The molecular formula is C13H15NO3. The fraction of sp³-hybridized carbons (Fsp3) is 0.385. The van der Waals surface area contributed by atoms with E-state index in [0.717, 1.165) is 0 Å². The first-order valence-corrected chi connectivity index (χ1v) is 5.45. The van der Waals surface area contributed by atoms with Crippen LogP contribution in [0.1, 0.15) is 36.8 Å². The molecule has 4 nitrogen and oxygen atoms in total. The minimum absolute atomic E-state index is 0.321. The van der Waals surface area contributed by atoms with Gasteiger partial charge >= 0.3 is 5.97 Å². The number of ether oxygens (including phenoxy) is 2. The molecule has 0 N–H and O–H groups in total. The van der Waals surface area contributed by atoms with Gasteiger partial charge in [0.25, 0.3) is 0 Å². The summed E-state index contributed by atoms with van der Waals surface area (Å²) in [6.07, 6.45) is 1.50. The monoisotopic (exact) mass is 233 g/mol. The maximum Gasteiger partial charge on any atom is 0.342 e. The van der Waals surface area contributed by atoms with Crippen molar-refractivity contribution >= 4 is 5.97 Å². The van der Waals surface area contributed by atoms with Gasteiger partial charge in [-0.2, -0.15) is 0 Å². The standard InChI is InChI=1S/C13H15NO3/c1-4-7-10-8-11(13(15)17-6-3)12(9-14-10)16-5-2/h8-9H,5-6H2,1-3H3. The van der Waals surface area contributed by atoms with Crippen LogP contribution in [0.5, 0.6) is 5.75 Å². The van der Waals surface area contributed by atoms with E-state index in [9.17, 15) is 4.79 Å². The van der Waals surface area contributed by atoms with E-state index in [2.05, 4.69) is 16.8 Å². The number of pyridine rings is 1. The van der Waals surface area contributed by atoms with E-state index >= 15 is 0 Å². The van der Waals surface area contributed by atoms with Crippen molar-refractivity contribution in [3.63, 3.8) is 0 Å². The number of esters is 1. The lowest BCUT2D eigenvalue weighted by Gasteiger charge is -2.09. The molecule has 0 atom stereocenters. The summed E-state index contributed by atoms with van der Waals surface area (Å²) in [5.74, 6) is 5.52. The molecule has 0 unspecified atom stereocenters. The summed E-state index contributed by atoms with van der Waals surface area (Å²) in [5, 5.41) is 0. The molecule has 0 saturated carbocycles. The molecule has 1 rings (SSSR count). The SMILES string of the molecule is CC#Cc1cc(C(=O)OCC)c(OCC)cn1. The number of aromatic nitrogens is 1. The van der Waals surface area contributed by atoms with Crippen molar-refractivity contribution in [2.45, 2.75) is 20.8 Å². The van der Waals surface area contributed by atoms with Crippen molar-refractivity contribution in [2.24, 2.45) is 0 Å². The van der Waals surface area contributed by atoms with Crippen LogP contribution in [-0.2, 0) is 4.74 Å². The Morgan fingerprint density at radius 1 is 1.41 bits per heavy atom. The van der Waals surface area contributed by atoms with Crippen LogP contribution in [0.15, 0.2) is 12.3 Å². The highest BCUT2D eigenvalue weighted by Crippen LogP contribution is 2.19. The van der Waals surface area contributed by atoms with Gasteiger partial charge in [-0.3, -0.25) is 0 Å². The van der Waals surface area contributed by atoms with Crippen LogP contribution in [0, 0.1) is 11.8 Å². The van der Waals surface area contributed by atoms with Crippen molar-refractivity contribution in [2.75, 3.05) is 13.2 Å². The molecule has 0 amide bonds. The van der Waals surface area contributed by atoms with Crippen LogP contribution in [0.4, 0.5) is 0 Å². The van der Waals surface area contributed by atoms with Crippen LogP contribution in [0.3, 0.4) is 0 Å². The molecule has 1 heterocycles. The summed E-state index contributed by atoms with van der Waals surface area (Å²) in [6.45, 7) is 6.09. The van der Waals surface area contributed by atoms with Crippen molar-refractivity contribution in [3.8, 4) is 17.6 Å². The number of carbonyl (C=O) groups excluding carboxylic acids is 1. The second-order valence-corrected chi connectivity index (χ2v) is 3.09. The van der Waals surface area contributed by atoms with Crippen molar-refractivity contribution < 1.29 is 14.3 Å². The number of hydrogen-bond donors (Lipinski definition) is 0. The van der Waals surface area contributed by atoms with Gasteiger partial charge in [-0.05, 0) is 32.8 Å². The molecule has 0 aromatic carbocycles. The molecule has 0 bridgehead atoms. The summed E-state index contributed by atoms with van der Waals surface area (Å²) in [5.41, 5.74) is 0.889. The van der Waals surface area contributed by atoms with E-state index in [1.807, 2.05) is 6.92 Å². The minimum Gasteiger partial charge on any atom is -0.491 e. The molecule has 1 aromatic heterocycles. The minimum atomic E-state index is -0.419. The van der Waals surface area contributed by atoms with Gasteiger partial charge in [0.05, 0.1) is 19.4 Å². The molecule has 0 aliphatic carbocycles. The molecule has 4 heteroatoms. The highest BCUT2D eigenvalue weighted by atomic mass is 16.5. The predicted octanol–water partition coefficient (Wildman–Crippen LogP) is 2.03. The van der Waals surface area contributed by atoms with Gasteiger partial charge in [0.2, 0.25) is 0 Å². The number of carbonyl (C=O) groups is 1. The molecule has 90 valence electrons. The van der Waals surface area contributed by atoms with Crippen LogP contribution < -0.4 is 4.74 Å². The molecule has 0 spiro atoms. The largest absolute Gasteiger partial charge is 0.491 e. The lowest BCUT2D eigenvalue weighted by atomic mass is 10.2. The number of rotatable bonds is 4. The second kappa shape index (κ2) is 6.54. The van der Waals surface area contributed by atoms with Crippen LogP contribution in [0.2, 0.25) is 0 Å². The lowest BCUT2D eigenvalue weighted by molar-refractivity contribution is 0.0521. The second-order valence-electron chi connectivity index (χ2n) is 3.09. The Hall–Kier alpha value is -2.02. The van der Waals surface area contributed by atoms with Gasteiger partial charge in [-0.25, -0.2) is 9.78 Å². The molecule has 1 aromatic rings. The van der Waals surface area contributed by atoms with Crippen LogP contribution >= 0.6 is 0 Å². The Kier molecular flexibility index (Phi) is 5.02. The zero-order valence-corrected chi connectivity index (χ0v) is 10.2. The van der Waals surface area contributed by atoms with Crippen LogP contribution in [0.25, 0.3) is 0 Å². The maximum absolute atomic E-state index is 11.7. The summed E-state index contributed by atoms with van der Waals surface area (Å²) >= 11 is 0. The first-order valence-electron chi connectivity index (χ1n) is 5.45. The number of hydrogen-bond acceptors (Lipinski definition) is 4. The third-order valence-electron chi connectivity index (χ3n) is 1.92. The highest BCUT2D eigenvalue weighted by molar-refractivity contribution is 5.92. The van der Waals surface area contributed by atoms with E-state index in [4.69, 9.17) is 9.47 Å². The molecular weight excluding hydrogens is 218 g/mol. The molecule has 0 saturated heterocycles.